The van der Waals surface area contributed by atoms with Gasteiger partial charge < -0.3 is 5.11 Å². The Morgan fingerprint density at radius 1 is 1.38 bits per heavy atom. The molecule has 1 aromatic heterocycles. The Hall–Kier alpha value is -0.990. The molecule has 0 saturated heterocycles. The third kappa shape index (κ3) is 1.69. The van der Waals surface area contributed by atoms with Crippen LogP contribution < -0.4 is 0 Å². The summed E-state index contributed by atoms with van der Waals surface area (Å²) >= 11 is 0. The van der Waals surface area contributed by atoms with E-state index in [0.29, 0.717) is 12.4 Å². The van der Waals surface area contributed by atoms with Crippen molar-refractivity contribution in [1.29, 1.82) is 0 Å². The summed E-state index contributed by atoms with van der Waals surface area (Å²) in [5.41, 5.74) is 1.88. The number of rotatable bonds is 1. The van der Waals surface area contributed by atoms with Gasteiger partial charge in [-0.15, -0.1) is 0 Å². The highest BCUT2D eigenvalue weighted by Crippen LogP contribution is 2.29. The molecule has 1 rings (SSSR count). The Kier molecular flexibility index (Phi) is 2.37. The lowest BCUT2D eigenvalue weighted by Crippen LogP contribution is -2.14. The number of hydrogen-bond acceptors (Lipinski definition) is 2. The van der Waals surface area contributed by atoms with Crippen molar-refractivity contribution in [3.05, 3.63) is 11.3 Å². The normalized spacial score (nSPS) is 12.1. The van der Waals surface area contributed by atoms with E-state index in [4.69, 9.17) is 0 Å². The highest BCUT2D eigenvalue weighted by Gasteiger charge is 2.23. The largest absolute Gasteiger partial charge is 0.493 e. The third-order valence-corrected chi connectivity index (χ3v) is 2.17. The predicted octanol–water partition coefficient (Wildman–Crippen LogP) is 2.21. The van der Waals surface area contributed by atoms with Crippen molar-refractivity contribution >= 4 is 0 Å². The highest BCUT2D eigenvalue weighted by atomic mass is 16.3. The molecule has 13 heavy (non-hydrogen) atoms. The molecular weight excluding hydrogens is 164 g/mol. The first-order chi connectivity index (χ1) is 5.88. The molecule has 0 atom stereocenters. The molecule has 0 saturated carbocycles. The van der Waals surface area contributed by atoms with Gasteiger partial charge in [0.05, 0.1) is 5.69 Å². The molecule has 1 aromatic rings. The molecule has 1 N–H and O–H groups in total. The van der Waals surface area contributed by atoms with E-state index in [-0.39, 0.29) is 5.41 Å². The minimum atomic E-state index is 0.00197. The van der Waals surface area contributed by atoms with E-state index in [0.717, 1.165) is 11.3 Å². The standard InChI is InChI=1S/C10H18N2O/c1-6-12-9(13)7(2)8(11-12)10(3,4)5/h13H,6H2,1-5H3. The van der Waals surface area contributed by atoms with Crippen LogP contribution in [0.25, 0.3) is 0 Å². The van der Waals surface area contributed by atoms with Crippen molar-refractivity contribution in [2.45, 2.75) is 46.6 Å². The molecule has 0 fully saturated rings. The molecule has 0 aliphatic heterocycles. The summed E-state index contributed by atoms with van der Waals surface area (Å²) in [6, 6.07) is 0. The maximum atomic E-state index is 9.68. The second-order valence-electron chi connectivity index (χ2n) is 4.36. The van der Waals surface area contributed by atoms with Crippen LogP contribution in [-0.2, 0) is 12.0 Å². The van der Waals surface area contributed by atoms with Crippen LogP contribution in [-0.4, -0.2) is 14.9 Å². The summed E-state index contributed by atoms with van der Waals surface area (Å²) in [6.45, 7) is 10.9. The van der Waals surface area contributed by atoms with Crippen molar-refractivity contribution in [3.63, 3.8) is 0 Å². The zero-order valence-electron chi connectivity index (χ0n) is 9.05. The van der Waals surface area contributed by atoms with Crippen LogP contribution in [0.1, 0.15) is 39.0 Å². The minimum absolute atomic E-state index is 0.00197. The lowest BCUT2D eigenvalue weighted by atomic mass is 9.90. The number of nitrogens with zero attached hydrogens (tertiary/aromatic N) is 2. The second kappa shape index (κ2) is 3.05. The van der Waals surface area contributed by atoms with E-state index < -0.39 is 0 Å². The summed E-state index contributed by atoms with van der Waals surface area (Å²) in [7, 11) is 0. The lowest BCUT2D eigenvalue weighted by Gasteiger charge is -2.15. The van der Waals surface area contributed by atoms with Crippen molar-refractivity contribution in [2.24, 2.45) is 0 Å². The van der Waals surface area contributed by atoms with Gasteiger partial charge in [0.25, 0.3) is 0 Å². The topological polar surface area (TPSA) is 38.0 Å². The SMILES string of the molecule is CCn1nc(C(C)(C)C)c(C)c1O. The van der Waals surface area contributed by atoms with Crippen LogP contribution in [0, 0.1) is 6.92 Å². The molecule has 74 valence electrons. The van der Waals surface area contributed by atoms with Crippen LogP contribution in [0.4, 0.5) is 0 Å². The Labute approximate surface area is 79.4 Å². The number of aryl methyl sites for hydroxylation is 1. The molecule has 0 unspecified atom stereocenters. The van der Waals surface area contributed by atoms with E-state index in [2.05, 4.69) is 25.9 Å². The van der Waals surface area contributed by atoms with Gasteiger partial charge in [-0.05, 0) is 13.8 Å². The summed E-state index contributed by atoms with van der Waals surface area (Å²) in [5, 5.41) is 14.0. The highest BCUT2D eigenvalue weighted by molar-refractivity contribution is 5.33. The van der Waals surface area contributed by atoms with Gasteiger partial charge in [0, 0.05) is 17.5 Å². The molecule has 1 heterocycles. The maximum Gasteiger partial charge on any atom is 0.212 e. The van der Waals surface area contributed by atoms with Crippen LogP contribution in [0.3, 0.4) is 0 Å². The van der Waals surface area contributed by atoms with E-state index in [1.165, 1.54) is 0 Å². The van der Waals surface area contributed by atoms with Gasteiger partial charge >= 0.3 is 0 Å². The molecule has 0 spiro atoms. The van der Waals surface area contributed by atoms with Crippen molar-refractivity contribution < 1.29 is 5.11 Å². The molecule has 0 aromatic carbocycles. The summed E-state index contributed by atoms with van der Waals surface area (Å²) in [5.74, 6) is 0.299. The molecule has 0 aliphatic rings. The van der Waals surface area contributed by atoms with Gasteiger partial charge in [-0.3, -0.25) is 0 Å². The van der Waals surface area contributed by atoms with E-state index in [9.17, 15) is 5.11 Å². The lowest BCUT2D eigenvalue weighted by molar-refractivity contribution is 0.401. The first kappa shape index (κ1) is 10.1. The molecule has 0 amide bonds. The van der Waals surface area contributed by atoms with Crippen LogP contribution in [0.2, 0.25) is 0 Å². The van der Waals surface area contributed by atoms with E-state index in [1.54, 1.807) is 4.68 Å². The predicted molar refractivity (Wildman–Crippen MR) is 53.0 cm³/mol. The van der Waals surface area contributed by atoms with Crippen LogP contribution >= 0.6 is 0 Å². The number of aromatic hydroxyl groups is 1. The monoisotopic (exact) mass is 182 g/mol. The molecule has 0 radical (unpaired) electrons. The van der Waals surface area contributed by atoms with Crippen LogP contribution in [0.5, 0.6) is 5.88 Å². The summed E-state index contributed by atoms with van der Waals surface area (Å²) in [4.78, 5) is 0. The first-order valence-electron chi connectivity index (χ1n) is 4.64. The van der Waals surface area contributed by atoms with E-state index >= 15 is 0 Å². The zero-order chi connectivity index (χ0) is 10.2. The second-order valence-corrected chi connectivity index (χ2v) is 4.36. The van der Waals surface area contributed by atoms with Gasteiger partial charge in [0.1, 0.15) is 0 Å². The first-order valence-corrected chi connectivity index (χ1v) is 4.64. The molecule has 3 nitrogen and oxygen atoms in total. The van der Waals surface area contributed by atoms with Gasteiger partial charge in [-0.1, -0.05) is 20.8 Å². The van der Waals surface area contributed by atoms with E-state index in [1.807, 2.05) is 13.8 Å². The molecule has 3 heteroatoms. The van der Waals surface area contributed by atoms with Crippen LogP contribution in [0.15, 0.2) is 0 Å². The average molecular weight is 182 g/mol. The van der Waals surface area contributed by atoms with Crippen molar-refractivity contribution in [1.82, 2.24) is 9.78 Å². The molecule has 0 bridgehead atoms. The van der Waals surface area contributed by atoms with Gasteiger partial charge in [-0.2, -0.15) is 5.10 Å². The number of aromatic nitrogens is 2. The Morgan fingerprint density at radius 3 is 2.15 bits per heavy atom. The fourth-order valence-electron chi connectivity index (χ4n) is 1.48. The Morgan fingerprint density at radius 2 is 1.92 bits per heavy atom. The van der Waals surface area contributed by atoms with Gasteiger partial charge in [-0.25, -0.2) is 4.68 Å². The Bertz CT molecular complexity index is 307. The molecular formula is C10H18N2O. The number of hydrogen-bond donors (Lipinski definition) is 1. The molecule has 0 aliphatic carbocycles. The smallest absolute Gasteiger partial charge is 0.212 e. The minimum Gasteiger partial charge on any atom is -0.493 e. The maximum absolute atomic E-state index is 9.68. The average Bonchev–Trinajstić information content (AvgIpc) is 2.28. The fraction of sp³-hybridized carbons (Fsp3) is 0.700. The van der Waals surface area contributed by atoms with Gasteiger partial charge in [0.2, 0.25) is 5.88 Å². The fourth-order valence-corrected chi connectivity index (χ4v) is 1.48. The Balaban J connectivity index is 3.25. The summed E-state index contributed by atoms with van der Waals surface area (Å²) in [6.07, 6.45) is 0. The summed E-state index contributed by atoms with van der Waals surface area (Å²) < 4.78 is 1.63. The zero-order valence-corrected chi connectivity index (χ0v) is 9.05. The van der Waals surface area contributed by atoms with Crippen molar-refractivity contribution in [2.75, 3.05) is 0 Å². The quantitative estimate of drug-likeness (QED) is 0.723. The van der Waals surface area contributed by atoms with Crippen molar-refractivity contribution in [3.8, 4) is 5.88 Å². The van der Waals surface area contributed by atoms with Gasteiger partial charge in [0.15, 0.2) is 0 Å². The third-order valence-electron chi connectivity index (χ3n) is 2.17.